The number of alkyl halides is 3. The molecule has 0 aliphatic heterocycles. The van der Waals surface area contributed by atoms with E-state index in [9.17, 15) is 31.2 Å². The van der Waals surface area contributed by atoms with E-state index in [1.807, 2.05) is 0 Å². The molecule has 0 saturated carbocycles. The molecule has 0 unspecified atom stereocenters. The molecule has 2 N–H and O–H groups in total. The van der Waals surface area contributed by atoms with Gasteiger partial charge in [0.15, 0.2) is 0 Å². The molecule has 1 aromatic carbocycles. The van der Waals surface area contributed by atoms with Crippen molar-refractivity contribution in [2.45, 2.75) is 11.1 Å². The number of aromatic amines is 1. The molecule has 8 nitrogen and oxygen atoms in total. The molecular formula is C18H13F3N4O4S. The Morgan fingerprint density at radius 2 is 1.80 bits per heavy atom. The van der Waals surface area contributed by atoms with E-state index in [4.69, 9.17) is 0 Å². The third-order valence-corrected chi connectivity index (χ3v) is 5.52. The van der Waals surface area contributed by atoms with Gasteiger partial charge in [-0.15, -0.1) is 0 Å². The van der Waals surface area contributed by atoms with E-state index >= 15 is 0 Å². The lowest BCUT2D eigenvalue weighted by molar-refractivity contribution is -0.137. The summed E-state index contributed by atoms with van der Waals surface area (Å²) in [6.45, 7) is 0. The SMILES string of the molecule is O=C(NN=Cc1ccn(S(=O)(=O)c2ccc(C(F)(F)F)cc2)c1)c1ccc(=O)[nH]c1. The summed E-state index contributed by atoms with van der Waals surface area (Å²) < 4.78 is 63.8. The smallest absolute Gasteiger partial charge is 0.328 e. The number of hydrogen-bond donors (Lipinski definition) is 2. The van der Waals surface area contributed by atoms with Gasteiger partial charge in [0.05, 0.1) is 22.2 Å². The number of halogens is 3. The average Bonchev–Trinajstić information content (AvgIpc) is 3.18. The highest BCUT2D eigenvalue weighted by atomic mass is 32.2. The number of pyridine rings is 1. The Morgan fingerprint density at radius 3 is 2.40 bits per heavy atom. The first-order valence-electron chi connectivity index (χ1n) is 8.20. The molecule has 12 heteroatoms. The fourth-order valence-corrected chi connectivity index (χ4v) is 3.54. The van der Waals surface area contributed by atoms with Gasteiger partial charge in [-0.2, -0.15) is 18.3 Å². The maximum absolute atomic E-state index is 12.6. The molecule has 30 heavy (non-hydrogen) atoms. The maximum atomic E-state index is 12.6. The molecule has 0 atom stereocenters. The summed E-state index contributed by atoms with van der Waals surface area (Å²) in [5, 5.41) is 3.70. The highest BCUT2D eigenvalue weighted by Crippen LogP contribution is 2.30. The van der Waals surface area contributed by atoms with Crippen LogP contribution in [0.3, 0.4) is 0 Å². The Kier molecular flexibility index (Phi) is 5.60. The summed E-state index contributed by atoms with van der Waals surface area (Å²) in [5.74, 6) is -0.598. The summed E-state index contributed by atoms with van der Waals surface area (Å²) >= 11 is 0. The Hall–Kier alpha value is -3.67. The number of hydrogen-bond acceptors (Lipinski definition) is 5. The second-order valence-corrected chi connectivity index (χ2v) is 7.79. The minimum absolute atomic E-state index is 0.161. The van der Waals surface area contributed by atoms with Crippen LogP contribution >= 0.6 is 0 Å². The van der Waals surface area contributed by atoms with Gasteiger partial charge in [0, 0.05) is 30.2 Å². The van der Waals surface area contributed by atoms with Gasteiger partial charge in [-0.3, -0.25) is 9.59 Å². The predicted molar refractivity (Wildman–Crippen MR) is 101 cm³/mol. The van der Waals surface area contributed by atoms with Crippen molar-refractivity contribution in [2.75, 3.05) is 0 Å². The topological polar surface area (TPSA) is 113 Å². The van der Waals surface area contributed by atoms with Gasteiger partial charge in [-0.1, -0.05) is 0 Å². The van der Waals surface area contributed by atoms with Gasteiger partial charge in [0.1, 0.15) is 0 Å². The minimum atomic E-state index is -4.57. The van der Waals surface area contributed by atoms with Gasteiger partial charge in [0.25, 0.3) is 15.9 Å². The number of carbonyl (C=O) groups is 1. The number of aromatic nitrogens is 2. The second-order valence-electron chi connectivity index (χ2n) is 5.94. The molecule has 3 aromatic rings. The first-order chi connectivity index (χ1) is 14.1. The summed E-state index contributed by atoms with van der Waals surface area (Å²) in [6, 6.07) is 6.97. The molecule has 1 amide bonds. The molecule has 0 fully saturated rings. The third-order valence-electron chi connectivity index (χ3n) is 3.87. The molecule has 2 heterocycles. The predicted octanol–water partition coefficient (Wildman–Crippen LogP) is 2.20. The van der Waals surface area contributed by atoms with Crippen molar-refractivity contribution in [1.82, 2.24) is 14.4 Å². The second kappa shape index (κ2) is 7.99. The number of amides is 1. The van der Waals surface area contributed by atoms with E-state index in [0.29, 0.717) is 17.7 Å². The van der Waals surface area contributed by atoms with Crippen LogP contribution in [0.4, 0.5) is 13.2 Å². The van der Waals surface area contributed by atoms with Crippen molar-refractivity contribution in [1.29, 1.82) is 0 Å². The summed E-state index contributed by atoms with van der Waals surface area (Å²) in [7, 11) is -4.10. The minimum Gasteiger partial charge on any atom is -0.328 e. The molecule has 0 aliphatic rings. The molecule has 0 aliphatic carbocycles. The normalized spacial score (nSPS) is 12.2. The fraction of sp³-hybridized carbons (Fsp3) is 0.0556. The van der Waals surface area contributed by atoms with E-state index in [-0.39, 0.29) is 16.0 Å². The van der Waals surface area contributed by atoms with Crippen LogP contribution in [0.25, 0.3) is 0 Å². The quantitative estimate of drug-likeness (QED) is 0.470. The van der Waals surface area contributed by atoms with Crippen molar-refractivity contribution in [3.05, 3.63) is 88.1 Å². The molecule has 3 rings (SSSR count). The number of hydrazone groups is 1. The molecule has 0 bridgehead atoms. The molecule has 2 aromatic heterocycles. The van der Waals surface area contributed by atoms with Crippen molar-refractivity contribution < 1.29 is 26.4 Å². The number of rotatable bonds is 5. The zero-order chi connectivity index (χ0) is 21.9. The van der Waals surface area contributed by atoms with Crippen LogP contribution in [0.2, 0.25) is 0 Å². The van der Waals surface area contributed by atoms with Gasteiger partial charge in [0.2, 0.25) is 5.56 Å². The molecular weight excluding hydrogens is 425 g/mol. The van der Waals surface area contributed by atoms with Crippen LogP contribution in [-0.2, 0) is 16.2 Å². The lowest BCUT2D eigenvalue weighted by atomic mass is 10.2. The van der Waals surface area contributed by atoms with Crippen molar-refractivity contribution >= 4 is 22.1 Å². The van der Waals surface area contributed by atoms with Crippen LogP contribution in [0.1, 0.15) is 21.5 Å². The van der Waals surface area contributed by atoms with Crippen LogP contribution in [0, 0.1) is 0 Å². The largest absolute Gasteiger partial charge is 0.416 e. The Balaban J connectivity index is 1.71. The molecule has 0 saturated heterocycles. The summed E-state index contributed by atoms with van der Waals surface area (Å²) in [6.07, 6.45) is 0.197. The molecule has 0 radical (unpaired) electrons. The zero-order valence-corrected chi connectivity index (χ0v) is 15.7. The number of nitrogens with one attached hydrogen (secondary N) is 2. The van der Waals surface area contributed by atoms with Crippen molar-refractivity contribution in [3.8, 4) is 0 Å². The summed E-state index contributed by atoms with van der Waals surface area (Å²) in [5.41, 5.74) is 1.36. The third kappa shape index (κ3) is 4.66. The monoisotopic (exact) mass is 438 g/mol. The Bertz CT molecular complexity index is 1240. The number of benzene rings is 1. The maximum Gasteiger partial charge on any atom is 0.416 e. The Morgan fingerprint density at radius 1 is 1.10 bits per heavy atom. The number of carbonyl (C=O) groups excluding carboxylic acids is 1. The van der Waals surface area contributed by atoms with Gasteiger partial charge in [-0.05, 0) is 36.4 Å². The summed E-state index contributed by atoms with van der Waals surface area (Å²) in [4.78, 5) is 24.9. The van der Waals surface area contributed by atoms with Gasteiger partial charge >= 0.3 is 6.18 Å². The number of H-pyrrole nitrogens is 1. The molecule has 156 valence electrons. The highest BCUT2D eigenvalue weighted by Gasteiger charge is 2.30. The zero-order valence-electron chi connectivity index (χ0n) is 14.9. The van der Waals surface area contributed by atoms with Crippen molar-refractivity contribution in [2.24, 2.45) is 5.10 Å². The van der Waals surface area contributed by atoms with Crippen LogP contribution in [0.15, 0.2) is 75.8 Å². The van der Waals surface area contributed by atoms with Crippen LogP contribution in [0.5, 0.6) is 0 Å². The van der Waals surface area contributed by atoms with Gasteiger partial charge < -0.3 is 4.98 Å². The lowest BCUT2D eigenvalue weighted by Crippen LogP contribution is -2.19. The standard InChI is InChI=1S/C18H13F3N4O4S/c19-18(20,21)14-2-4-15(5-3-14)30(28,29)25-8-7-12(11-25)9-23-24-17(27)13-1-6-16(26)22-10-13/h1-11H,(H,22,26)(H,24,27). The van der Waals surface area contributed by atoms with Crippen molar-refractivity contribution in [3.63, 3.8) is 0 Å². The highest BCUT2D eigenvalue weighted by molar-refractivity contribution is 7.90. The molecule has 0 spiro atoms. The van der Waals surface area contributed by atoms with E-state index in [1.165, 1.54) is 43.0 Å². The van der Waals surface area contributed by atoms with E-state index < -0.39 is 27.7 Å². The Labute approximate surface area is 167 Å². The first-order valence-corrected chi connectivity index (χ1v) is 9.64. The van der Waals surface area contributed by atoms with Crippen LogP contribution < -0.4 is 11.0 Å². The fourth-order valence-electron chi connectivity index (χ4n) is 2.34. The first kappa shape index (κ1) is 21.0. The van der Waals surface area contributed by atoms with E-state index in [2.05, 4.69) is 15.5 Å². The van der Waals surface area contributed by atoms with E-state index in [1.54, 1.807) is 0 Å². The lowest BCUT2D eigenvalue weighted by Gasteiger charge is -2.09. The average molecular weight is 438 g/mol. The number of nitrogens with zero attached hydrogens (tertiary/aromatic N) is 2. The van der Waals surface area contributed by atoms with Crippen LogP contribution in [-0.4, -0.2) is 29.5 Å². The van der Waals surface area contributed by atoms with E-state index in [0.717, 1.165) is 16.1 Å². The van der Waals surface area contributed by atoms with Gasteiger partial charge in [-0.25, -0.2) is 17.8 Å².